The lowest BCUT2D eigenvalue weighted by molar-refractivity contribution is 0.165. The summed E-state index contributed by atoms with van der Waals surface area (Å²) in [5.74, 6) is 0.750. The lowest BCUT2D eigenvalue weighted by atomic mass is 9.91. The van der Waals surface area contributed by atoms with Crippen LogP contribution in [0.1, 0.15) is 38.7 Å². The predicted molar refractivity (Wildman–Crippen MR) is 81.5 cm³/mol. The molecule has 2 rings (SSSR count). The van der Waals surface area contributed by atoms with Crippen LogP contribution >= 0.6 is 0 Å². The zero-order chi connectivity index (χ0) is 13.7. The Balaban J connectivity index is 1.92. The Morgan fingerprint density at radius 2 is 2.37 bits per heavy atom. The van der Waals surface area contributed by atoms with Crippen LogP contribution in [-0.2, 0) is 0 Å². The fourth-order valence-corrected chi connectivity index (χ4v) is 3.00. The summed E-state index contributed by atoms with van der Waals surface area (Å²) in [6.07, 6.45) is 7.74. The molecule has 0 spiro atoms. The molecule has 1 N–H and O–H groups in total. The van der Waals surface area contributed by atoms with E-state index in [1.807, 2.05) is 12.4 Å². The highest BCUT2D eigenvalue weighted by molar-refractivity contribution is 5.48. The first kappa shape index (κ1) is 14.3. The third-order valence-electron chi connectivity index (χ3n) is 4.21. The molecule has 1 fully saturated rings. The number of likely N-dealkylation sites (tertiary alicyclic amines) is 1. The van der Waals surface area contributed by atoms with E-state index in [9.17, 15) is 0 Å². The Morgan fingerprint density at radius 3 is 3.11 bits per heavy atom. The van der Waals surface area contributed by atoms with Gasteiger partial charge in [0.25, 0.3) is 0 Å². The molecular weight excluding hydrogens is 234 g/mol. The first-order valence-corrected chi connectivity index (χ1v) is 7.60. The Labute approximate surface area is 117 Å². The van der Waals surface area contributed by atoms with E-state index in [1.54, 1.807) is 0 Å². The lowest BCUT2D eigenvalue weighted by Crippen LogP contribution is -2.42. The third-order valence-corrected chi connectivity index (χ3v) is 4.21. The van der Waals surface area contributed by atoms with E-state index in [2.05, 4.69) is 42.0 Å². The average molecular weight is 261 g/mol. The molecule has 3 nitrogen and oxygen atoms in total. The number of anilines is 1. The standard InChI is InChI=1S/C16H27N3/c1-4-9-19-10-5-6-15(12-19)14(3)18-16-11-17-8-7-13(16)2/h7-8,11,14-15,18H,4-6,9-10,12H2,1-3H3. The van der Waals surface area contributed by atoms with Crippen molar-refractivity contribution in [1.82, 2.24) is 9.88 Å². The molecule has 0 saturated carbocycles. The van der Waals surface area contributed by atoms with Gasteiger partial charge in [-0.05, 0) is 63.7 Å². The van der Waals surface area contributed by atoms with Crippen molar-refractivity contribution in [3.8, 4) is 0 Å². The molecular formula is C16H27N3. The molecule has 1 saturated heterocycles. The molecule has 2 unspecified atom stereocenters. The van der Waals surface area contributed by atoms with Gasteiger partial charge < -0.3 is 10.2 Å². The van der Waals surface area contributed by atoms with E-state index >= 15 is 0 Å². The monoisotopic (exact) mass is 261 g/mol. The van der Waals surface area contributed by atoms with Crippen molar-refractivity contribution in [2.24, 2.45) is 5.92 Å². The van der Waals surface area contributed by atoms with E-state index in [4.69, 9.17) is 0 Å². The highest BCUT2D eigenvalue weighted by Gasteiger charge is 2.24. The Kier molecular flexibility index (Phi) is 5.20. The van der Waals surface area contributed by atoms with E-state index < -0.39 is 0 Å². The maximum absolute atomic E-state index is 4.22. The number of rotatable bonds is 5. The van der Waals surface area contributed by atoms with Crippen LogP contribution < -0.4 is 5.32 Å². The van der Waals surface area contributed by atoms with Gasteiger partial charge in [0.1, 0.15) is 0 Å². The van der Waals surface area contributed by atoms with E-state index in [-0.39, 0.29) is 0 Å². The molecule has 1 aliphatic rings. The molecule has 0 radical (unpaired) electrons. The van der Waals surface area contributed by atoms with Gasteiger partial charge in [0.2, 0.25) is 0 Å². The maximum atomic E-state index is 4.22. The van der Waals surface area contributed by atoms with Crippen LogP contribution in [0.3, 0.4) is 0 Å². The number of aromatic nitrogens is 1. The van der Waals surface area contributed by atoms with Crippen LogP contribution in [0.4, 0.5) is 5.69 Å². The molecule has 1 aromatic rings. The Hall–Kier alpha value is -1.09. The van der Waals surface area contributed by atoms with Crippen LogP contribution in [0.5, 0.6) is 0 Å². The normalized spacial score (nSPS) is 22.2. The number of hydrogen-bond donors (Lipinski definition) is 1. The maximum Gasteiger partial charge on any atom is 0.0558 e. The summed E-state index contributed by atoms with van der Waals surface area (Å²) in [6.45, 7) is 10.5. The van der Waals surface area contributed by atoms with Crippen molar-refractivity contribution < 1.29 is 0 Å². The molecule has 0 aliphatic carbocycles. The van der Waals surface area contributed by atoms with Crippen molar-refractivity contribution in [3.63, 3.8) is 0 Å². The van der Waals surface area contributed by atoms with Crippen molar-refractivity contribution in [2.75, 3.05) is 25.0 Å². The van der Waals surface area contributed by atoms with Gasteiger partial charge in [-0.3, -0.25) is 4.98 Å². The van der Waals surface area contributed by atoms with Gasteiger partial charge in [0, 0.05) is 18.8 Å². The highest BCUT2D eigenvalue weighted by Crippen LogP contribution is 2.23. The number of nitrogens with zero attached hydrogens (tertiary/aromatic N) is 2. The van der Waals surface area contributed by atoms with Crippen molar-refractivity contribution in [1.29, 1.82) is 0 Å². The van der Waals surface area contributed by atoms with Gasteiger partial charge in [-0.25, -0.2) is 0 Å². The highest BCUT2D eigenvalue weighted by atomic mass is 15.1. The summed E-state index contributed by atoms with van der Waals surface area (Å²) in [5, 5.41) is 3.65. The SMILES string of the molecule is CCCN1CCCC(C(C)Nc2cnccc2C)C1. The first-order valence-electron chi connectivity index (χ1n) is 7.60. The largest absolute Gasteiger partial charge is 0.381 e. The smallest absolute Gasteiger partial charge is 0.0558 e. The average Bonchev–Trinajstić information content (AvgIpc) is 2.42. The minimum absolute atomic E-state index is 0.516. The second kappa shape index (κ2) is 6.90. The second-order valence-corrected chi connectivity index (χ2v) is 5.83. The van der Waals surface area contributed by atoms with E-state index in [1.165, 1.54) is 50.1 Å². The molecule has 2 atom stereocenters. The van der Waals surface area contributed by atoms with Gasteiger partial charge in [0.15, 0.2) is 0 Å². The Bertz CT molecular complexity index is 389. The molecule has 19 heavy (non-hydrogen) atoms. The number of hydrogen-bond acceptors (Lipinski definition) is 3. The second-order valence-electron chi connectivity index (χ2n) is 5.83. The molecule has 0 bridgehead atoms. The van der Waals surface area contributed by atoms with Crippen molar-refractivity contribution in [3.05, 3.63) is 24.0 Å². The molecule has 2 heterocycles. The molecule has 106 valence electrons. The van der Waals surface area contributed by atoms with Gasteiger partial charge >= 0.3 is 0 Å². The summed E-state index contributed by atoms with van der Waals surface area (Å²) in [7, 11) is 0. The van der Waals surface area contributed by atoms with Gasteiger partial charge in [-0.15, -0.1) is 0 Å². The number of piperidine rings is 1. The van der Waals surface area contributed by atoms with Crippen LogP contribution in [-0.4, -0.2) is 35.6 Å². The predicted octanol–water partition coefficient (Wildman–Crippen LogP) is 3.31. The minimum atomic E-state index is 0.516. The van der Waals surface area contributed by atoms with Crippen molar-refractivity contribution >= 4 is 5.69 Å². The summed E-state index contributed by atoms with van der Waals surface area (Å²) in [6, 6.07) is 2.59. The summed E-state index contributed by atoms with van der Waals surface area (Å²) >= 11 is 0. The third kappa shape index (κ3) is 3.93. The van der Waals surface area contributed by atoms with E-state index in [0.717, 1.165) is 5.92 Å². The molecule has 1 aromatic heterocycles. The molecule has 0 aromatic carbocycles. The van der Waals surface area contributed by atoms with Crippen LogP contribution in [0.2, 0.25) is 0 Å². The molecule has 1 aliphatic heterocycles. The summed E-state index contributed by atoms with van der Waals surface area (Å²) in [4.78, 5) is 6.83. The fraction of sp³-hybridized carbons (Fsp3) is 0.688. The van der Waals surface area contributed by atoms with Crippen LogP contribution in [0.25, 0.3) is 0 Å². The fourth-order valence-electron chi connectivity index (χ4n) is 3.00. The molecule has 0 amide bonds. The van der Waals surface area contributed by atoms with E-state index in [0.29, 0.717) is 6.04 Å². The zero-order valence-electron chi connectivity index (χ0n) is 12.5. The number of nitrogens with one attached hydrogen (secondary N) is 1. The summed E-state index contributed by atoms with van der Waals surface area (Å²) < 4.78 is 0. The van der Waals surface area contributed by atoms with Gasteiger partial charge in [-0.2, -0.15) is 0 Å². The van der Waals surface area contributed by atoms with Crippen LogP contribution in [0, 0.1) is 12.8 Å². The van der Waals surface area contributed by atoms with Crippen LogP contribution in [0.15, 0.2) is 18.5 Å². The van der Waals surface area contributed by atoms with Gasteiger partial charge in [0.05, 0.1) is 11.9 Å². The zero-order valence-corrected chi connectivity index (χ0v) is 12.5. The Morgan fingerprint density at radius 1 is 1.53 bits per heavy atom. The number of aryl methyl sites for hydroxylation is 1. The summed E-state index contributed by atoms with van der Waals surface area (Å²) in [5.41, 5.74) is 2.46. The van der Waals surface area contributed by atoms with Crippen molar-refractivity contribution in [2.45, 2.75) is 46.1 Å². The minimum Gasteiger partial charge on any atom is -0.381 e. The van der Waals surface area contributed by atoms with Gasteiger partial charge in [-0.1, -0.05) is 6.92 Å². The lowest BCUT2D eigenvalue weighted by Gasteiger charge is -2.36. The quantitative estimate of drug-likeness (QED) is 0.881. The topological polar surface area (TPSA) is 28.2 Å². The first-order chi connectivity index (χ1) is 9.20. The molecule has 3 heteroatoms. The number of pyridine rings is 1.